The molecule has 0 bridgehead atoms. The number of hydrogen-bond acceptors (Lipinski definition) is 5. The molecular formula is C20H27N3O5. The highest BCUT2D eigenvalue weighted by molar-refractivity contribution is 6.09. The molecule has 8 nitrogen and oxygen atoms in total. The maximum Gasteiger partial charge on any atom is 0.325 e. The maximum absolute atomic E-state index is 12.9. The number of carbonyl (C=O) groups excluding carboxylic acids is 3. The first-order valence-corrected chi connectivity index (χ1v) is 9.76. The van der Waals surface area contributed by atoms with Gasteiger partial charge in [0.25, 0.3) is 5.91 Å². The Kier molecular flexibility index (Phi) is 6.06. The van der Waals surface area contributed by atoms with Crippen LogP contribution in [-0.2, 0) is 15.1 Å². The van der Waals surface area contributed by atoms with E-state index in [2.05, 4.69) is 17.6 Å². The molecule has 0 unspecified atom stereocenters. The molecule has 2 aliphatic rings. The fourth-order valence-electron chi connectivity index (χ4n) is 3.37. The lowest BCUT2D eigenvalue weighted by atomic mass is 9.91. The summed E-state index contributed by atoms with van der Waals surface area (Å²) in [4.78, 5) is 38.4. The summed E-state index contributed by atoms with van der Waals surface area (Å²) in [6.07, 6.45) is 4.17. The van der Waals surface area contributed by atoms with Crippen molar-refractivity contribution in [3.63, 3.8) is 0 Å². The van der Waals surface area contributed by atoms with Crippen molar-refractivity contribution in [3.05, 3.63) is 23.8 Å². The van der Waals surface area contributed by atoms with E-state index in [4.69, 9.17) is 9.47 Å². The van der Waals surface area contributed by atoms with Gasteiger partial charge in [0.05, 0.1) is 0 Å². The molecule has 0 spiro atoms. The summed E-state index contributed by atoms with van der Waals surface area (Å²) in [5.41, 5.74) is -0.675. The molecule has 0 aliphatic carbocycles. The molecule has 152 valence electrons. The summed E-state index contributed by atoms with van der Waals surface area (Å²) in [6, 6.07) is 4.57. The molecule has 1 saturated heterocycles. The molecule has 2 heterocycles. The van der Waals surface area contributed by atoms with Crippen molar-refractivity contribution in [2.24, 2.45) is 0 Å². The number of imide groups is 1. The van der Waals surface area contributed by atoms with Gasteiger partial charge < -0.3 is 20.1 Å². The number of unbranched alkanes of at least 4 members (excludes halogenated alkanes) is 3. The quantitative estimate of drug-likeness (QED) is 0.523. The van der Waals surface area contributed by atoms with E-state index < -0.39 is 17.5 Å². The largest absolute Gasteiger partial charge is 0.486 e. The van der Waals surface area contributed by atoms with Crippen LogP contribution in [0.25, 0.3) is 0 Å². The van der Waals surface area contributed by atoms with Gasteiger partial charge in [0.15, 0.2) is 11.5 Å². The van der Waals surface area contributed by atoms with E-state index in [9.17, 15) is 14.4 Å². The van der Waals surface area contributed by atoms with E-state index in [1.165, 1.54) is 0 Å². The SMILES string of the molecule is CCCCCCNC(=O)CN1C(=O)N[C@@](C)(c2ccc3c(c2)OCCO3)C1=O. The summed E-state index contributed by atoms with van der Waals surface area (Å²) in [6.45, 7) is 4.90. The number of benzene rings is 1. The molecule has 1 atom stereocenters. The van der Waals surface area contributed by atoms with Crippen LogP contribution in [0.3, 0.4) is 0 Å². The first-order valence-electron chi connectivity index (χ1n) is 9.76. The third-order valence-corrected chi connectivity index (χ3v) is 5.05. The van der Waals surface area contributed by atoms with E-state index >= 15 is 0 Å². The van der Waals surface area contributed by atoms with Gasteiger partial charge in [-0.05, 0) is 31.0 Å². The van der Waals surface area contributed by atoms with E-state index in [0.717, 1.165) is 30.6 Å². The topological polar surface area (TPSA) is 97.0 Å². The van der Waals surface area contributed by atoms with Crippen LogP contribution in [0, 0.1) is 0 Å². The fourth-order valence-corrected chi connectivity index (χ4v) is 3.37. The smallest absolute Gasteiger partial charge is 0.325 e. The van der Waals surface area contributed by atoms with Gasteiger partial charge in [0.2, 0.25) is 5.91 Å². The van der Waals surface area contributed by atoms with Gasteiger partial charge >= 0.3 is 6.03 Å². The highest BCUT2D eigenvalue weighted by Gasteiger charge is 2.49. The number of rotatable bonds is 8. The zero-order valence-electron chi connectivity index (χ0n) is 16.4. The van der Waals surface area contributed by atoms with E-state index in [0.29, 0.717) is 36.8 Å². The van der Waals surface area contributed by atoms with Crippen molar-refractivity contribution >= 4 is 17.8 Å². The number of ether oxygens (including phenoxy) is 2. The summed E-state index contributed by atoms with van der Waals surface area (Å²) >= 11 is 0. The number of hydrogen-bond donors (Lipinski definition) is 2. The van der Waals surface area contributed by atoms with Gasteiger partial charge in [0, 0.05) is 6.54 Å². The lowest BCUT2D eigenvalue weighted by Crippen LogP contribution is -2.43. The Bertz CT molecular complexity index is 766. The van der Waals surface area contributed by atoms with Crippen molar-refractivity contribution in [2.45, 2.75) is 45.1 Å². The van der Waals surface area contributed by atoms with Crippen molar-refractivity contribution in [1.82, 2.24) is 15.5 Å². The lowest BCUT2D eigenvalue weighted by molar-refractivity contribution is -0.134. The predicted molar refractivity (Wildman–Crippen MR) is 102 cm³/mol. The third kappa shape index (κ3) is 4.05. The standard InChI is InChI=1S/C20H27N3O5/c1-3-4-5-6-9-21-17(24)13-23-18(25)20(2,22-19(23)26)14-7-8-15-16(12-14)28-11-10-27-15/h7-8,12H,3-6,9-11,13H2,1-2H3,(H,21,24)(H,22,26)/t20-/m0/s1. The van der Waals surface area contributed by atoms with Gasteiger partial charge in [-0.25, -0.2) is 4.79 Å². The van der Waals surface area contributed by atoms with Crippen molar-refractivity contribution in [3.8, 4) is 11.5 Å². The predicted octanol–water partition coefficient (Wildman–Crippen LogP) is 1.92. The second kappa shape index (κ2) is 8.50. The summed E-state index contributed by atoms with van der Waals surface area (Å²) < 4.78 is 11.1. The third-order valence-electron chi connectivity index (χ3n) is 5.05. The number of urea groups is 1. The zero-order chi connectivity index (χ0) is 20.1. The zero-order valence-corrected chi connectivity index (χ0v) is 16.4. The molecule has 28 heavy (non-hydrogen) atoms. The number of nitrogens with zero attached hydrogens (tertiary/aromatic N) is 1. The minimum atomic E-state index is -1.26. The monoisotopic (exact) mass is 389 g/mol. The summed E-state index contributed by atoms with van der Waals surface area (Å²) in [5.74, 6) is 0.340. The lowest BCUT2D eigenvalue weighted by Gasteiger charge is -2.25. The molecule has 1 aromatic carbocycles. The van der Waals surface area contributed by atoms with Gasteiger partial charge in [-0.3, -0.25) is 14.5 Å². The van der Waals surface area contributed by atoms with Crippen molar-refractivity contribution < 1.29 is 23.9 Å². The van der Waals surface area contributed by atoms with Gasteiger partial charge in [-0.1, -0.05) is 32.3 Å². The molecule has 0 aromatic heterocycles. The Hall–Kier alpha value is -2.77. The Labute approximate surface area is 164 Å². The number of carbonyl (C=O) groups is 3. The van der Waals surface area contributed by atoms with Crippen LogP contribution >= 0.6 is 0 Å². The van der Waals surface area contributed by atoms with Crippen LogP contribution < -0.4 is 20.1 Å². The Morgan fingerprint density at radius 2 is 1.93 bits per heavy atom. The summed E-state index contributed by atoms with van der Waals surface area (Å²) in [7, 11) is 0. The van der Waals surface area contributed by atoms with E-state index in [1.807, 2.05) is 0 Å². The van der Waals surface area contributed by atoms with Crippen LogP contribution in [0.15, 0.2) is 18.2 Å². The molecule has 3 rings (SSSR count). The molecule has 8 heteroatoms. The van der Waals surface area contributed by atoms with Crippen LogP contribution in [0.2, 0.25) is 0 Å². The highest BCUT2D eigenvalue weighted by atomic mass is 16.6. The molecular weight excluding hydrogens is 362 g/mol. The summed E-state index contributed by atoms with van der Waals surface area (Å²) in [5, 5.41) is 5.47. The van der Waals surface area contributed by atoms with Crippen LogP contribution in [0.1, 0.15) is 45.1 Å². The molecule has 1 fully saturated rings. The number of amides is 4. The molecule has 2 N–H and O–H groups in total. The average Bonchev–Trinajstić information content (AvgIpc) is 2.91. The van der Waals surface area contributed by atoms with Crippen molar-refractivity contribution in [1.29, 1.82) is 0 Å². The second-order valence-corrected chi connectivity index (χ2v) is 7.22. The first-order chi connectivity index (χ1) is 13.5. The minimum Gasteiger partial charge on any atom is -0.486 e. The van der Waals surface area contributed by atoms with Crippen LogP contribution in [0.4, 0.5) is 4.79 Å². The highest BCUT2D eigenvalue weighted by Crippen LogP contribution is 2.36. The molecule has 4 amide bonds. The fraction of sp³-hybridized carbons (Fsp3) is 0.550. The van der Waals surface area contributed by atoms with Gasteiger partial charge in [-0.2, -0.15) is 0 Å². The normalized spacial score (nSPS) is 20.9. The Morgan fingerprint density at radius 1 is 1.18 bits per heavy atom. The first kappa shape index (κ1) is 20.0. The van der Waals surface area contributed by atoms with Crippen molar-refractivity contribution in [2.75, 3.05) is 26.3 Å². The van der Waals surface area contributed by atoms with E-state index in [1.54, 1.807) is 25.1 Å². The number of fused-ring (bicyclic) bond motifs is 1. The molecule has 0 radical (unpaired) electrons. The molecule has 2 aliphatic heterocycles. The van der Waals surface area contributed by atoms with Gasteiger partial charge in [-0.15, -0.1) is 0 Å². The Balaban J connectivity index is 1.64. The number of nitrogens with one attached hydrogen (secondary N) is 2. The second-order valence-electron chi connectivity index (χ2n) is 7.22. The van der Waals surface area contributed by atoms with E-state index in [-0.39, 0.29) is 12.5 Å². The minimum absolute atomic E-state index is 0.293. The van der Waals surface area contributed by atoms with Gasteiger partial charge in [0.1, 0.15) is 25.3 Å². The maximum atomic E-state index is 12.9. The van der Waals surface area contributed by atoms with Crippen LogP contribution in [0.5, 0.6) is 11.5 Å². The Morgan fingerprint density at radius 3 is 2.68 bits per heavy atom. The molecule has 0 saturated carbocycles. The molecule has 1 aromatic rings. The van der Waals surface area contributed by atoms with Crippen LogP contribution in [-0.4, -0.2) is 49.0 Å². The average molecular weight is 389 g/mol.